The third-order valence-electron chi connectivity index (χ3n) is 9.08. The first-order valence-corrected chi connectivity index (χ1v) is 18.8. The number of amides is 2. The van der Waals surface area contributed by atoms with Crippen molar-refractivity contribution in [3.05, 3.63) is 105 Å². The van der Waals surface area contributed by atoms with Gasteiger partial charge in [0.2, 0.25) is 11.8 Å². The van der Waals surface area contributed by atoms with Gasteiger partial charge in [0.05, 0.1) is 35.5 Å². The summed E-state index contributed by atoms with van der Waals surface area (Å²) >= 11 is 14.2. The number of aromatic nitrogens is 3. The van der Waals surface area contributed by atoms with Crippen LogP contribution in [0, 0.1) is 0 Å². The number of rotatable bonds is 12. The molecule has 0 radical (unpaired) electrons. The molecule has 0 unspecified atom stereocenters. The topological polar surface area (TPSA) is 147 Å². The Morgan fingerprint density at radius 2 is 1.73 bits per heavy atom. The summed E-state index contributed by atoms with van der Waals surface area (Å²) in [6.45, 7) is 8.16. The van der Waals surface area contributed by atoms with E-state index in [1.165, 1.54) is 11.5 Å². The van der Waals surface area contributed by atoms with Crippen LogP contribution in [-0.4, -0.2) is 74.3 Å². The van der Waals surface area contributed by atoms with E-state index in [2.05, 4.69) is 15.6 Å². The minimum Gasteiger partial charge on any atom is -0.481 e. The number of nitrogens with one attached hydrogen (secondary N) is 2. The van der Waals surface area contributed by atoms with Crippen LogP contribution < -0.4 is 20.9 Å². The van der Waals surface area contributed by atoms with Gasteiger partial charge in [0, 0.05) is 77.9 Å². The molecule has 0 spiro atoms. The van der Waals surface area contributed by atoms with Crippen molar-refractivity contribution in [2.45, 2.75) is 71.4 Å². The standard InChI is InChI=1S/C41H44Cl2N6O6/c1-24(50)19-44-20-27-21-45-34-18-25(16-17-49(34)39(27)52)29-8-6-9-30(36(29)42)31-10-7-11-32(37(31)43)33-14-12-26(38(47-33)54-5)22-48(40(53)55-41(2,3)4)23-28-13-15-35(51)46-28/h6-12,14,16-18,21,24,28,44,50H,13,15,19-20,22-23H2,1-5H3,(H,46,51)/t24-,28-/m0/s1. The van der Waals surface area contributed by atoms with Crippen LogP contribution >= 0.6 is 23.2 Å². The number of hydrogen-bond acceptors (Lipinski definition) is 9. The lowest BCUT2D eigenvalue weighted by atomic mass is 9.97. The quantitative estimate of drug-likeness (QED) is 0.123. The number of aliphatic hydroxyl groups is 1. The average Bonchev–Trinajstić information content (AvgIpc) is 3.56. The molecule has 6 rings (SSSR count). The summed E-state index contributed by atoms with van der Waals surface area (Å²) in [4.78, 5) is 49.2. The molecule has 2 amide bonds. The second kappa shape index (κ2) is 16.8. The molecular weight excluding hydrogens is 743 g/mol. The van der Waals surface area contributed by atoms with E-state index in [0.29, 0.717) is 74.5 Å². The van der Waals surface area contributed by atoms with Crippen LogP contribution in [0.1, 0.15) is 51.7 Å². The second-order valence-corrected chi connectivity index (χ2v) is 15.3. The highest BCUT2D eigenvalue weighted by Crippen LogP contribution is 2.42. The number of halogens is 2. The average molecular weight is 788 g/mol. The molecule has 55 heavy (non-hydrogen) atoms. The number of pyridine rings is 2. The van der Waals surface area contributed by atoms with E-state index in [4.69, 9.17) is 37.7 Å². The fourth-order valence-electron chi connectivity index (χ4n) is 6.45. The van der Waals surface area contributed by atoms with E-state index in [1.807, 2.05) is 60.7 Å². The van der Waals surface area contributed by atoms with Gasteiger partial charge in [0.25, 0.3) is 5.56 Å². The molecule has 1 aliphatic rings. The highest BCUT2D eigenvalue weighted by molar-refractivity contribution is 6.39. The Balaban J connectivity index is 1.28. The summed E-state index contributed by atoms with van der Waals surface area (Å²) in [5.41, 5.74) is 4.79. The van der Waals surface area contributed by atoms with Gasteiger partial charge in [-0.3, -0.25) is 14.0 Å². The fraction of sp³-hybridized carbons (Fsp3) is 0.341. The van der Waals surface area contributed by atoms with E-state index in [1.54, 1.807) is 45.0 Å². The third kappa shape index (κ3) is 9.28. The highest BCUT2D eigenvalue weighted by atomic mass is 35.5. The molecule has 12 nitrogen and oxygen atoms in total. The van der Waals surface area contributed by atoms with Crippen molar-refractivity contribution >= 4 is 40.8 Å². The van der Waals surface area contributed by atoms with Crippen LogP contribution in [0.25, 0.3) is 39.2 Å². The van der Waals surface area contributed by atoms with Gasteiger partial charge in [0.1, 0.15) is 11.2 Å². The van der Waals surface area contributed by atoms with Crippen molar-refractivity contribution in [2.75, 3.05) is 20.2 Å². The van der Waals surface area contributed by atoms with E-state index in [-0.39, 0.29) is 37.1 Å². The minimum atomic E-state index is -0.707. The molecule has 4 heterocycles. The van der Waals surface area contributed by atoms with Gasteiger partial charge in [0.15, 0.2) is 0 Å². The summed E-state index contributed by atoms with van der Waals surface area (Å²) in [6.07, 6.45) is 3.23. The Hall–Kier alpha value is -5.01. The Morgan fingerprint density at radius 3 is 2.38 bits per heavy atom. The maximum absolute atomic E-state index is 13.3. The number of ether oxygens (including phenoxy) is 2. The van der Waals surface area contributed by atoms with Crippen LogP contribution in [0.5, 0.6) is 5.88 Å². The summed E-state index contributed by atoms with van der Waals surface area (Å²) in [5.74, 6) is 0.275. The molecular formula is C41H44Cl2N6O6. The largest absolute Gasteiger partial charge is 0.481 e. The van der Waals surface area contributed by atoms with Crippen molar-refractivity contribution in [1.29, 1.82) is 0 Å². The predicted molar refractivity (Wildman–Crippen MR) is 213 cm³/mol. The first-order chi connectivity index (χ1) is 26.2. The number of aliphatic hydroxyl groups excluding tert-OH is 1. The number of fused-ring (bicyclic) bond motifs is 1. The van der Waals surface area contributed by atoms with E-state index in [9.17, 15) is 19.5 Å². The molecule has 0 bridgehead atoms. The summed E-state index contributed by atoms with van der Waals surface area (Å²) in [5, 5.41) is 16.4. The number of carbonyl (C=O) groups excluding carboxylic acids is 2. The highest BCUT2D eigenvalue weighted by Gasteiger charge is 2.29. The van der Waals surface area contributed by atoms with Crippen molar-refractivity contribution in [2.24, 2.45) is 0 Å². The van der Waals surface area contributed by atoms with Gasteiger partial charge in [-0.25, -0.2) is 14.8 Å². The number of nitrogens with zero attached hydrogens (tertiary/aromatic N) is 4. The molecule has 0 aliphatic carbocycles. The number of carbonyl (C=O) groups is 2. The van der Waals surface area contributed by atoms with Crippen LogP contribution in [0.4, 0.5) is 4.79 Å². The molecule has 2 aromatic carbocycles. The van der Waals surface area contributed by atoms with Crippen LogP contribution in [-0.2, 0) is 22.6 Å². The maximum Gasteiger partial charge on any atom is 0.410 e. The molecule has 1 saturated heterocycles. The second-order valence-electron chi connectivity index (χ2n) is 14.6. The van der Waals surface area contributed by atoms with Crippen molar-refractivity contribution in [3.8, 4) is 39.4 Å². The lowest BCUT2D eigenvalue weighted by molar-refractivity contribution is -0.119. The van der Waals surface area contributed by atoms with Gasteiger partial charge in [-0.2, -0.15) is 0 Å². The first-order valence-electron chi connectivity index (χ1n) is 18.0. The molecule has 2 atom stereocenters. The van der Waals surface area contributed by atoms with Gasteiger partial charge in [-0.15, -0.1) is 0 Å². The lowest BCUT2D eigenvalue weighted by Crippen LogP contribution is -2.43. The summed E-state index contributed by atoms with van der Waals surface area (Å²) < 4.78 is 12.9. The third-order valence-corrected chi connectivity index (χ3v) is 9.90. The number of methoxy groups -OCH3 is 1. The molecule has 1 aliphatic heterocycles. The molecule has 5 aromatic rings. The molecule has 14 heteroatoms. The zero-order valence-corrected chi connectivity index (χ0v) is 32.9. The molecule has 0 saturated carbocycles. The normalized spacial score (nSPS) is 14.8. The van der Waals surface area contributed by atoms with Gasteiger partial charge in [-0.05, 0) is 63.9 Å². The number of benzene rings is 2. The van der Waals surface area contributed by atoms with Gasteiger partial charge in [-0.1, -0.05) is 59.6 Å². The van der Waals surface area contributed by atoms with E-state index < -0.39 is 17.8 Å². The minimum absolute atomic E-state index is 0.0395. The molecule has 1 fully saturated rings. The first kappa shape index (κ1) is 39.7. The van der Waals surface area contributed by atoms with Crippen molar-refractivity contribution < 1.29 is 24.2 Å². The zero-order valence-electron chi connectivity index (χ0n) is 31.4. The molecule has 288 valence electrons. The zero-order chi connectivity index (χ0) is 39.4. The SMILES string of the molecule is COc1nc(-c2cccc(-c3cccc(-c4ccn5c(=O)c(CNC[C@H](C)O)cnc5c4)c3Cl)c2Cl)ccc1CN(C[C@@H]1CCC(=O)N1)C(=O)OC(C)(C)C. The summed E-state index contributed by atoms with van der Waals surface area (Å²) in [6, 6.07) is 18.4. The Morgan fingerprint density at radius 1 is 1.04 bits per heavy atom. The van der Waals surface area contributed by atoms with Crippen molar-refractivity contribution in [3.63, 3.8) is 0 Å². The Bertz CT molecular complexity index is 2290. The fourth-order valence-corrected chi connectivity index (χ4v) is 7.11. The van der Waals surface area contributed by atoms with E-state index >= 15 is 0 Å². The van der Waals surface area contributed by atoms with Crippen LogP contribution in [0.3, 0.4) is 0 Å². The molecule has 3 N–H and O–H groups in total. The number of hydrogen-bond donors (Lipinski definition) is 3. The van der Waals surface area contributed by atoms with Crippen LogP contribution in [0.2, 0.25) is 10.0 Å². The van der Waals surface area contributed by atoms with Gasteiger partial charge < -0.3 is 30.1 Å². The monoisotopic (exact) mass is 786 g/mol. The van der Waals surface area contributed by atoms with Crippen LogP contribution in [0.15, 0.2) is 77.9 Å². The van der Waals surface area contributed by atoms with E-state index in [0.717, 1.165) is 11.1 Å². The smallest absolute Gasteiger partial charge is 0.410 e. The van der Waals surface area contributed by atoms with Crippen molar-refractivity contribution in [1.82, 2.24) is 29.9 Å². The molecule has 3 aromatic heterocycles. The Kier molecular flexibility index (Phi) is 12.1. The summed E-state index contributed by atoms with van der Waals surface area (Å²) in [7, 11) is 1.52. The maximum atomic E-state index is 13.3. The predicted octanol–water partition coefficient (Wildman–Crippen LogP) is 6.89. The van der Waals surface area contributed by atoms with Gasteiger partial charge >= 0.3 is 6.09 Å². The Labute approximate surface area is 329 Å². The lowest BCUT2D eigenvalue weighted by Gasteiger charge is -2.29.